The minimum absolute atomic E-state index is 0.0668. The number of hydrogen-bond donors (Lipinski definition) is 3. The van der Waals surface area contributed by atoms with Gasteiger partial charge in [0.15, 0.2) is 0 Å². The van der Waals surface area contributed by atoms with Crippen LogP contribution in [0, 0.1) is 0 Å². The van der Waals surface area contributed by atoms with E-state index in [1.54, 1.807) is 6.08 Å². The van der Waals surface area contributed by atoms with Crippen molar-refractivity contribution in [2.75, 3.05) is 6.61 Å². The molecule has 0 aliphatic carbocycles. The van der Waals surface area contributed by atoms with E-state index < -0.39 is 12.1 Å². The van der Waals surface area contributed by atoms with Crippen LogP contribution in [0.15, 0.2) is 24.3 Å². The van der Waals surface area contributed by atoms with E-state index in [1.165, 1.54) is 257 Å². The zero-order valence-electron chi connectivity index (χ0n) is 41.0. The number of nitrogens with one attached hydrogen (secondary N) is 1. The van der Waals surface area contributed by atoms with E-state index in [0.29, 0.717) is 6.42 Å². The Labute approximate surface area is 377 Å². The number of carbonyl (C=O) groups is 1. The third-order valence-electron chi connectivity index (χ3n) is 12.9. The van der Waals surface area contributed by atoms with Crippen molar-refractivity contribution in [3.8, 4) is 0 Å². The van der Waals surface area contributed by atoms with Crippen molar-refractivity contribution in [2.24, 2.45) is 0 Å². The number of unbranched alkanes of at least 4 members (excludes halogenated alkanes) is 42. The molecule has 2 atom stereocenters. The maximum atomic E-state index is 12.5. The molecule has 0 aliphatic heterocycles. The zero-order chi connectivity index (χ0) is 43.5. The van der Waals surface area contributed by atoms with Gasteiger partial charge in [-0.15, -0.1) is 0 Å². The summed E-state index contributed by atoms with van der Waals surface area (Å²) in [6.45, 7) is 4.34. The summed E-state index contributed by atoms with van der Waals surface area (Å²) in [5.74, 6) is -0.0668. The Morgan fingerprint density at radius 3 is 0.967 bits per heavy atom. The molecule has 0 aromatic heterocycles. The van der Waals surface area contributed by atoms with Crippen molar-refractivity contribution in [2.45, 2.75) is 321 Å². The molecule has 3 N–H and O–H groups in total. The van der Waals surface area contributed by atoms with E-state index in [9.17, 15) is 15.0 Å². The average molecular weight is 844 g/mol. The van der Waals surface area contributed by atoms with Gasteiger partial charge in [0.05, 0.1) is 18.8 Å². The lowest BCUT2D eigenvalue weighted by Crippen LogP contribution is -2.45. The van der Waals surface area contributed by atoms with E-state index in [0.717, 1.165) is 32.1 Å². The molecule has 60 heavy (non-hydrogen) atoms. The fourth-order valence-electron chi connectivity index (χ4n) is 8.73. The van der Waals surface area contributed by atoms with Crippen LogP contribution < -0.4 is 5.32 Å². The van der Waals surface area contributed by atoms with Gasteiger partial charge in [0, 0.05) is 6.42 Å². The molecule has 1 amide bonds. The molecule has 0 rings (SSSR count). The number of aliphatic hydroxyl groups excluding tert-OH is 2. The number of rotatable bonds is 51. The van der Waals surface area contributed by atoms with Crippen LogP contribution in [0.5, 0.6) is 0 Å². The first-order valence-electron chi connectivity index (χ1n) is 27.6. The molecule has 0 aromatic rings. The lowest BCUT2D eigenvalue weighted by molar-refractivity contribution is -0.123. The lowest BCUT2D eigenvalue weighted by Gasteiger charge is -2.19. The Balaban J connectivity index is 3.50. The summed E-state index contributed by atoms with van der Waals surface area (Å²) >= 11 is 0. The highest BCUT2D eigenvalue weighted by Gasteiger charge is 2.18. The van der Waals surface area contributed by atoms with Gasteiger partial charge in [-0.25, -0.2) is 0 Å². The lowest BCUT2D eigenvalue weighted by atomic mass is 10.0. The monoisotopic (exact) mass is 844 g/mol. The fraction of sp³-hybridized carbons (Fsp3) is 0.911. The van der Waals surface area contributed by atoms with Gasteiger partial charge >= 0.3 is 0 Å². The van der Waals surface area contributed by atoms with Crippen LogP contribution in [-0.4, -0.2) is 34.9 Å². The van der Waals surface area contributed by atoms with Gasteiger partial charge in [-0.1, -0.05) is 295 Å². The molecular formula is C56H109NO3. The van der Waals surface area contributed by atoms with Crippen molar-refractivity contribution in [3.63, 3.8) is 0 Å². The van der Waals surface area contributed by atoms with Gasteiger partial charge in [0.2, 0.25) is 5.91 Å². The maximum absolute atomic E-state index is 12.5. The molecular weight excluding hydrogens is 735 g/mol. The fourth-order valence-corrected chi connectivity index (χ4v) is 8.73. The molecule has 356 valence electrons. The smallest absolute Gasteiger partial charge is 0.220 e. The predicted octanol–water partition coefficient (Wildman–Crippen LogP) is 17.9. The van der Waals surface area contributed by atoms with E-state index in [2.05, 4.69) is 31.3 Å². The van der Waals surface area contributed by atoms with Crippen LogP contribution in [0.1, 0.15) is 309 Å². The quantitative estimate of drug-likeness (QED) is 0.0422. The minimum Gasteiger partial charge on any atom is -0.394 e. The van der Waals surface area contributed by atoms with Gasteiger partial charge in [-0.3, -0.25) is 4.79 Å². The van der Waals surface area contributed by atoms with Crippen LogP contribution >= 0.6 is 0 Å². The van der Waals surface area contributed by atoms with E-state index in [1.807, 2.05) is 6.08 Å². The molecule has 0 radical (unpaired) electrons. The third-order valence-corrected chi connectivity index (χ3v) is 12.9. The van der Waals surface area contributed by atoms with Crippen molar-refractivity contribution in [3.05, 3.63) is 24.3 Å². The molecule has 0 saturated heterocycles. The first-order chi connectivity index (χ1) is 29.7. The largest absolute Gasteiger partial charge is 0.394 e. The molecule has 4 heteroatoms. The number of carbonyl (C=O) groups excluding carboxylic acids is 1. The second kappa shape index (κ2) is 52.2. The Morgan fingerprint density at radius 1 is 0.383 bits per heavy atom. The maximum Gasteiger partial charge on any atom is 0.220 e. The predicted molar refractivity (Wildman–Crippen MR) is 267 cm³/mol. The molecule has 0 bridgehead atoms. The molecule has 0 aliphatic rings. The Bertz CT molecular complexity index is 871. The standard InChI is InChI=1S/C56H109NO3/c1-3-5-7-9-11-13-15-17-19-21-23-25-27-28-30-32-34-36-38-40-42-44-46-48-50-52-56(60)57-54(53-58)55(59)51-49-47-45-43-41-39-37-35-33-31-29-26-24-22-20-18-16-14-12-10-8-6-4-2/h41,43,49,51,54-55,58-59H,3-40,42,44-48,50,52-53H2,1-2H3,(H,57,60)/b43-41+,51-49+. The van der Waals surface area contributed by atoms with Crippen LogP contribution in [0.4, 0.5) is 0 Å². The topological polar surface area (TPSA) is 69.6 Å². The summed E-state index contributed by atoms with van der Waals surface area (Å²) in [6.07, 6.45) is 69.1. The molecule has 0 heterocycles. The Kier molecular flexibility index (Phi) is 51.2. The van der Waals surface area contributed by atoms with Gasteiger partial charge in [-0.05, 0) is 32.1 Å². The summed E-state index contributed by atoms with van der Waals surface area (Å²) in [7, 11) is 0. The van der Waals surface area contributed by atoms with E-state index in [-0.39, 0.29) is 12.5 Å². The second-order valence-electron chi connectivity index (χ2n) is 19.0. The summed E-state index contributed by atoms with van der Waals surface area (Å²) in [4.78, 5) is 12.5. The third kappa shape index (κ3) is 47.9. The normalized spacial score (nSPS) is 12.9. The first kappa shape index (κ1) is 58.9. The van der Waals surface area contributed by atoms with Crippen molar-refractivity contribution >= 4 is 5.91 Å². The highest BCUT2D eigenvalue weighted by Crippen LogP contribution is 2.17. The van der Waals surface area contributed by atoms with E-state index >= 15 is 0 Å². The second-order valence-corrected chi connectivity index (χ2v) is 19.0. The van der Waals surface area contributed by atoms with Gasteiger partial charge in [0.25, 0.3) is 0 Å². The summed E-state index contributed by atoms with van der Waals surface area (Å²) in [6, 6.07) is -0.636. The van der Waals surface area contributed by atoms with Gasteiger partial charge < -0.3 is 15.5 Å². The summed E-state index contributed by atoms with van der Waals surface area (Å²) < 4.78 is 0. The number of hydrogen-bond acceptors (Lipinski definition) is 3. The highest BCUT2D eigenvalue weighted by molar-refractivity contribution is 5.76. The number of amides is 1. The first-order valence-corrected chi connectivity index (χ1v) is 27.6. The molecule has 0 fully saturated rings. The van der Waals surface area contributed by atoms with Crippen LogP contribution in [0.2, 0.25) is 0 Å². The molecule has 0 aromatic carbocycles. The summed E-state index contributed by atoms with van der Waals surface area (Å²) in [5.41, 5.74) is 0. The minimum atomic E-state index is -0.859. The van der Waals surface area contributed by atoms with Crippen LogP contribution in [0.3, 0.4) is 0 Å². The van der Waals surface area contributed by atoms with Crippen molar-refractivity contribution < 1.29 is 15.0 Å². The van der Waals surface area contributed by atoms with Crippen LogP contribution in [0.25, 0.3) is 0 Å². The highest BCUT2D eigenvalue weighted by atomic mass is 16.3. The number of aliphatic hydroxyl groups is 2. The van der Waals surface area contributed by atoms with E-state index in [4.69, 9.17) is 0 Å². The van der Waals surface area contributed by atoms with Gasteiger partial charge in [-0.2, -0.15) is 0 Å². The van der Waals surface area contributed by atoms with Crippen molar-refractivity contribution in [1.29, 1.82) is 0 Å². The Morgan fingerprint density at radius 2 is 0.650 bits per heavy atom. The van der Waals surface area contributed by atoms with Crippen LogP contribution in [-0.2, 0) is 4.79 Å². The Hall–Kier alpha value is -1.13. The number of allylic oxidation sites excluding steroid dienone is 3. The molecule has 0 spiro atoms. The summed E-state index contributed by atoms with van der Waals surface area (Å²) in [5, 5.41) is 23.1. The van der Waals surface area contributed by atoms with Crippen molar-refractivity contribution in [1.82, 2.24) is 5.32 Å². The molecule has 0 saturated carbocycles. The zero-order valence-corrected chi connectivity index (χ0v) is 41.0. The SMILES string of the molecule is CCCCCCCCCCCCCCCCCCC/C=C/CC/C=C/C(O)C(CO)NC(=O)CCCCCCCCCCCCCCCCCCCCCCCCCCC. The molecule has 4 nitrogen and oxygen atoms in total. The van der Waals surface area contributed by atoms with Gasteiger partial charge in [0.1, 0.15) is 0 Å². The average Bonchev–Trinajstić information content (AvgIpc) is 3.25. The molecule has 2 unspecified atom stereocenters.